The first kappa shape index (κ1) is 17.5. The van der Waals surface area contributed by atoms with Crippen LogP contribution in [-0.4, -0.2) is 29.2 Å². The van der Waals surface area contributed by atoms with E-state index in [1.807, 2.05) is 0 Å². The van der Waals surface area contributed by atoms with Gasteiger partial charge < -0.3 is 15.2 Å². The van der Waals surface area contributed by atoms with Crippen molar-refractivity contribution in [3.63, 3.8) is 0 Å². The molecule has 0 saturated carbocycles. The molecule has 0 aliphatic heterocycles. The third kappa shape index (κ3) is 3.53. The molecule has 1 aromatic carbocycles. The van der Waals surface area contributed by atoms with Crippen molar-refractivity contribution >= 4 is 22.7 Å². The summed E-state index contributed by atoms with van der Waals surface area (Å²) >= 11 is 0. The van der Waals surface area contributed by atoms with Gasteiger partial charge in [0.2, 0.25) is 0 Å². The Hall–Kier alpha value is -3.29. The summed E-state index contributed by atoms with van der Waals surface area (Å²) < 4.78 is 34.2. The summed E-state index contributed by atoms with van der Waals surface area (Å²) in [7, 11) is 0. The van der Waals surface area contributed by atoms with Gasteiger partial charge in [-0.25, -0.2) is 14.8 Å². The van der Waals surface area contributed by atoms with Gasteiger partial charge >= 0.3 is 12.6 Å². The molecule has 3 rings (SSSR count). The highest BCUT2D eigenvalue weighted by atomic mass is 19.3. The first-order valence-corrected chi connectivity index (χ1v) is 7.77. The number of nitrogens with two attached hydrogens (primary N) is 1. The molecular formula is C18H15F2N3O3. The Morgan fingerprint density at radius 3 is 2.81 bits per heavy atom. The summed E-state index contributed by atoms with van der Waals surface area (Å²) in [6.45, 7) is -0.982. The Bertz CT molecular complexity index is 964. The van der Waals surface area contributed by atoms with Crippen LogP contribution in [0.2, 0.25) is 0 Å². The molecule has 3 aromatic rings. The standard InChI is InChI=1S/C18H15F2N3O3/c1-2-25-17(24)13-9-22-16(21)15-12(13)6-7-14(23-15)10-4-3-5-11(8-10)26-18(19)20/h3-9,18H,2H2,1H3,(H2,21,22). The molecule has 0 unspecified atom stereocenters. The van der Waals surface area contributed by atoms with Gasteiger partial charge in [-0.15, -0.1) is 0 Å². The van der Waals surface area contributed by atoms with Crippen molar-refractivity contribution < 1.29 is 23.0 Å². The van der Waals surface area contributed by atoms with Crippen LogP contribution in [0.5, 0.6) is 5.75 Å². The van der Waals surface area contributed by atoms with E-state index in [4.69, 9.17) is 10.5 Å². The fraction of sp³-hybridized carbons (Fsp3) is 0.167. The summed E-state index contributed by atoms with van der Waals surface area (Å²) in [5.41, 5.74) is 7.51. The van der Waals surface area contributed by atoms with E-state index in [1.54, 1.807) is 31.2 Å². The lowest BCUT2D eigenvalue weighted by Gasteiger charge is -2.10. The number of alkyl halides is 2. The molecule has 8 heteroatoms. The summed E-state index contributed by atoms with van der Waals surface area (Å²) in [5.74, 6) is -0.354. The Morgan fingerprint density at radius 2 is 2.08 bits per heavy atom. The van der Waals surface area contributed by atoms with E-state index in [0.29, 0.717) is 22.2 Å². The number of hydrogen-bond acceptors (Lipinski definition) is 6. The smallest absolute Gasteiger partial charge is 0.387 e. The van der Waals surface area contributed by atoms with Gasteiger partial charge in [-0.2, -0.15) is 8.78 Å². The molecule has 0 aliphatic rings. The summed E-state index contributed by atoms with van der Waals surface area (Å²) in [6.07, 6.45) is 1.34. The lowest BCUT2D eigenvalue weighted by atomic mass is 10.1. The van der Waals surface area contributed by atoms with Crippen LogP contribution in [0.25, 0.3) is 22.2 Å². The van der Waals surface area contributed by atoms with Crippen LogP contribution >= 0.6 is 0 Å². The van der Waals surface area contributed by atoms with Crippen LogP contribution < -0.4 is 10.5 Å². The SMILES string of the molecule is CCOC(=O)c1cnc(N)c2nc(-c3cccc(OC(F)F)c3)ccc12. The molecule has 0 spiro atoms. The zero-order chi connectivity index (χ0) is 18.7. The van der Waals surface area contributed by atoms with Crippen molar-refractivity contribution in [2.45, 2.75) is 13.5 Å². The molecule has 2 N–H and O–H groups in total. The second-order valence-corrected chi connectivity index (χ2v) is 5.28. The molecule has 26 heavy (non-hydrogen) atoms. The largest absolute Gasteiger partial charge is 0.462 e. The number of nitrogen functional groups attached to an aromatic ring is 1. The molecule has 2 heterocycles. The normalized spacial score (nSPS) is 10.9. The first-order valence-electron chi connectivity index (χ1n) is 7.77. The Balaban J connectivity index is 2.07. The number of aromatic nitrogens is 2. The lowest BCUT2D eigenvalue weighted by molar-refractivity contribution is -0.0498. The van der Waals surface area contributed by atoms with Gasteiger partial charge in [-0.3, -0.25) is 0 Å². The van der Waals surface area contributed by atoms with Crippen LogP contribution in [0.3, 0.4) is 0 Å². The molecule has 0 aliphatic carbocycles. The number of carbonyl (C=O) groups is 1. The number of anilines is 1. The fourth-order valence-corrected chi connectivity index (χ4v) is 2.50. The van der Waals surface area contributed by atoms with Crippen LogP contribution in [0, 0.1) is 0 Å². The number of hydrogen-bond donors (Lipinski definition) is 1. The predicted octanol–water partition coefficient (Wildman–Crippen LogP) is 3.66. The second-order valence-electron chi connectivity index (χ2n) is 5.28. The highest BCUT2D eigenvalue weighted by molar-refractivity contribution is 6.06. The summed E-state index contributed by atoms with van der Waals surface area (Å²) in [4.78, 5) is 20.5. The number of pyridine rings is 2. The van der Waals surface area contributed by atoms with E-state index in [-0.39, 0.29) is 23.7 Å². The van der Waals surface area contributed by atoms with Crippen LogP contribution in [-0.2, 0) is 4.74 Å². The number of halogens is 2. The van der Waals surface area contributed by atoms with Crippen LogP contribution in [0.15, 0.2) is 42.6 Å². The summed E-state index contributed by atoms with van der Waals surface area (Å²) in [5, 5.41) is 0.500. The number of nitrogens with zero attached hydrogens (tertiary/aromatic N) is 2. The molecule has 0 atom stereocenters. The van der Waals surface area contributed by atoms with Crippen molar-refractivity contribution in [1.29, 1.82) is 0 Å². The van der Waals surface area contributed by atoms with Gasteiger partial charge in [0, 0.05) is 17.1 Å². The maximum absolute atomic E-state index is 12.4. The third-order valence-corrected chi connectivity index (χ3v) is 3.61. The van der Waals surface area contributed by atoms with Gasteiger partial charge in [-0.05, 0) is 31.2 Å². The van der Waals surface area contributed by atoms with Crippen molar-refractivity contribution in [2.75, 3.05) is 12.3 Å². The molecule has 0 amide bonds. The molecular weight excluding hydrogens is 344 g/mol. The first-order chi connectivity index (χ1) is 12.5. The molecule has 0 radical (unpaired) electrons. The topological polar surface area (TPSA) is 87.3 Å². The quantitative estimate of drug-likeness (QED) is 0.700. The number of carbonyl (C=O) groups excluding carboxylic acids is 1. The lowest BCUT2D eigenvalue weighted by Crippen LogP contribution is -2.08. The van der Waals surface area contributed by atoms with Gasteiger partial charge in [0.25, 0.3) is 0 Å². The molecule has 0 bridgehead atoms. The van der Waals surface area contributed by atoms with Gasteiger partial charge in [0.15, 0.2) is 0 Å². The Labute approximate surface area is 147 Å². The number of rotatable bonds is 5. The zero-order valence-electron chi connectivity index (χ0n) is 13.8. The van der Waals surface area contributed by atoms with E-state index in [1.165, 1.54) is 18.3 Å². The monoisotopic (exact) mass is 359 g/mol. The molecule has 0 saturated heterocycles. The Kier molecular flexibility index (Phi) is 4.92. The fourth-order valence-electron chi connectivity index (χ4n) is 2.50. The third-order valence-electron chi connectivity index (χ3n) is 3.61. The molecule has 0 fully saturated rings. The van der Waals surface area contributed by atoms with Crippen LogP contribution in [0.4, 0.5) is 14.6 Å². The van der Waals surface area contributed by atoms with Crippen LogP contribution in [0.1, 0.15) is 17.3 Å². The van der Waals surface area contributed by atoms with E-state index >= 15 is 0 Å². The summed E-state index contributed by atoms with van der Waals surface area (Å²) in [6, 6.07) is 9.47. The van der Waals surface area contributed by atoms with Gasteiger partial charge in [-0.1, -0.05) is 12.1 Å². The minimum absolute atomic E-state index is 0.0192. The van der Waals surface area contributed by atoms with Gasteiger partial charge in [0.05, 0.1) is 17.9 Å². The van der Waals surface area contributed by atoms with Crippen molar-refractivity contribution in [3.8, 4) is 17.0 Å². The molecule has 2 aromatic heterocycles. The number of fused-ring (bicyclic) bond motifs is 1. The maximum Gasteiger partial charge on any atom is 0.387 e. The van der Waals surface area contributed by atoms with E-state index in [2.05, 4.69) is 14.7 Å². The average Bonchev–Trinajstić information content (AvgIpc) is 2.62. The van der Waals surface area contributed by atoms with Crippen molar-refractivity contribution in [1.82, 2.24) is 9.97 Å². The van der Waals surface area contributed by atoms with Crippen molar-refractivity contribution in [3.05, 3.63) is 48.2 Å². The number of esters is 1. The van der Waals surface area contributed by atoms with E-state index in [0.717, 1.165) is 0 Å². The zero-order valence-corrected chi connectivity index (χ0v) is 13.8. The maximum atomic E-state index is 12.4. The highest BCUT2D eigenvalue weighted by Crippen LogP contribution is 2.28. The second kappa shape index (κ2) is 7.30. The highest BCUT2D eigenvalue weighted by Gasteiger charge is 2.16. The van der Waals surface area contributed by atoms with Gasteiger partial charge in [0.1, 0.15) is 17.1 Å². The molecule has 134 valence electrons. The minimum Gasteiger partial charge on any atom is -0.462 e. The van der Waals surface area contributed by atoms with E-state index in [9.17, 15) is 13.6 Å². The average molecular weight is 359 g/mol. The van der Waals surface area contributed by atoms with Crippen molar-refractivity contribution in [2.24, 2.45) is 0 Å². The predicted molar refractivity (Wildman–Crippen MR) is 92.0 cm³/mol. The van der Waals surface area contributed by atoms with E-state index < -0.39 is 12.6 Å². The minimum atomic E-state index is -2.92. The Morgan fingerprint density at radius 1 is 1.27 bits per heavy atom. The number of benzene rings is 1. The molecule has 6 nitrogen and oxygen atoms in total. The number of ether oxygens (including phenoxy) is 2.